The van der Waals surface area contributed by atoms with E-state index >= 15 is 0 Å². The van der Waals surface area contributed by atoms with E-state index in [1.807, 2.05) is 0 Å². The molecule has 0 spiro atoms. The van der Waals surface area contributed by atoms with Crippen molar-refractivity contribution in [3.05, 3.63) is 17.6 Å². The second kappa shape index (κ2) is 5.49. The summed E-state index contributed by atoms with van der Waals surface area (Å²) in [5.74, 6) is -2.23. The van der Waals surface area contributed by atoms with Crippen LogP contribution in [0.15, 0.2) is 15.4 Å². The summed E-state index contributed by atoms with van der Waals surface area (Å²) >= 11 is 0. The molecule has 0 aliphatic carbocycles. The summed E-state index contributed by atoms with van der Waals surface area (Å²) < 4.78 is 30.2. The van der Waals surface area contributed by atoms with Crippen LogP contribution in [0, 0.1) is 6.92 Å². The van der Waals surface area contributed by atoms with Gasteiger partial charge in [0.15, 0.2) is 5.76 Å². The minimum Gasteiger partial charge on any atom is -0.480 e. The molecule has 118 valence electrons. The molecule has 0 aliphatic rings. The molecule has 0 radical (unpaired) electrons. The normalized spacial score (nSPS) is 12.5. The van der Waals surface area contributed by atoms with Gasteiger partial charge in [-0.15, -0.1) is 0 Å². The zero-order chi connectivity index (χ0) is 16.6. The molecule has 21 heavy (non-hydrogen) atoms. The van der Waals surface area contributed by atoms with Crippen LogP contribution in [0.25, 0.3) is 0 Å². The van der Waals surface area contributed by atoms with Gasteiger partial charge in [0.2, 0.25) is 10.0 Å². The number of aryl methyl sites for hydroxylation is 1. The lowest BCUT2D eigenvalue weighted by Gasteiger charge is -2.19. The van der Waals surface area contributed by atoms with Crippen molar-refractivity contribution in [1.82, 2.24) is 9.62 Å². The highest BCUT2D eigenvalue weighted by atomic mass is 32.2. The van der Waals surface area contributed by atoms with Crippen LogP contribution in [0.5, 0.6) is 0 Å². The number of hydrogen-bond donors (Lipinski definition) is 2. The molecule has 0 fully saturated rings. The smallest absolute Gasteiger partial charge is 0.328 e. The van der Waals surface area contributed by atoms with Crippen LogP contribution in [0.3, 0.4) is 0 Å². The Morgan fingerprint density at radius 3 is 2.29 bits per heavy atom. The largest absolute Gasteiger partial charge is 0.480 e. The van der Waals surface area contributed by atoms with E-state index in [1.54, 1.807) is 0 Å². The van der Waals surface area contributed by atoms with Gasteiger partial charge in [0, 0.05) is 20.2 Å². The molecule has 2 N–H and O–H groups in total. The first-order chi connectivity index (χ1) is 9.39. The van der Waals surface area contributed by atoms with Gasteiger partial charge in [-0.2, -0.15) is 0 Å². The Kier molecular flexibility index (Phi) is 4.49. The molecule has 0 saturated carbocycles. The number of rotatable bonds is 5. The Morgan fingerprint density at radius 1 is 1.33 bits per heavy atom. The van der Waals surface area contributed by atoms with Crippen molar-refractivity contribution in [3.63, 3.8) is 0 Å². The first kappa shape index (κ1) is 17.2. The second-order valence-corrected chi connectivity index (χ2v) is 7.32. The first-order valence-corrected chi connectivity index (χ1v) is 7.42. The van der Waals surface area contributed by atoms with Crippen molar-refractivity contribution in [2.45, 2.75) is 31.2 Å². The molecule has 1 aromatic rings. The van der Waals surface area contributed by atoms with Crippen LogP contribution in [-0.4, -0.2) is 49.3 Å². The topological polar surface area (TPSA) is 117 Å². The molecule has 1 aromatic heterocycles. The Morgan fingerprint density at radius 2 is 1.86 bits per heavy atom. The van der Waals surface area contributed by atoms with E-state index in [4.69, 9.17) is 9.52 Å². The van der Waals surface area contributed by atoms with Crippen LogP contribution in [0.2, 0.25) is 0 Å². The minimum atomic E-state index is -3.74. The summed E-state index contributed by atoms with van der Waals surface area (Å²) in [4.78, 5) is 22.8. The monoisotopic (exact) mass is 318 g/mol. The third kappa shape index (κ3) is 3.42. The molecule has 8 nitrogen and oxygen atoms in total. The second-order valence-electron chi connectivity index (χ2n) is 5.20. The molecule has 1 heterocycles. The maximum atomic E-state index is 12.0. The van der Waals surface area contributed by atoms with Crippen LogP contribution in [0.4, 0.5) is 0 Å². The molecule has 0 bridgehead atoms. The maximum Gasteiger partial charge on any atom is 0.328 e. The van der Waals surface area contributed by atoms with Gasteiger partial charge in [0.1, 0.15) is 16.2 Å². The predicted octanol–water partition coefficient (Wildman–Crippen LogP) is 0.431. The molecule has 9 heteroatoms. The van der Waals surface area contributed by atoms with Crippen molar-refractivity contribution in [1.29, 1.82) is 0 Å². The Balaban J connectivity index is 3.14. The number of aliphatic carboxylic acids is 1. The Hall–Kier alpha value is -1.87. The van der Waals surface area contributed by atoms with Gasteiger partial charge >= 0.3 is 5.97 Å². The van der Waals surface area contributed by atoms with Crippen LogP contribution < -0.4 is 5.32 Å². The number of nitrogens with zero attached hydrogens (tertiary/aromatic N) is 1. The quantitative estimate of drug-likeness (QED) is 0.813. The van der Waals surface area contributed by atoms with Crippen molar-refractivity contribution in [2.24, 2.45) is 0 Å². The van der Waals surface area contributed by atoms with Gasteiger partial charge in [-0.1, -0.05) is 0 Å². The Labute approximate surface area is 122 Å². The fourth-order valence-electron chi connectivity index (χ4n) is 1.43. The summed E-state index contributed by atoms with van der Waals surface area (Å²) in [6, 6.07) is 1.08. The van der Waals surface area contributed by atoms with Crippen molar-refractivity contribution < 1.29 is 27.5 Å². The maximum absolute atomic E-state index is 12.0. The number of carboxylic acids is 1. The number of carbonyl (C=O) groups excluding carboxylic acids is 1. The highest BCUT2D eigenvalue weighted by Gasteiger charge is 2.32. The number of hydrogen-bond acceptors (Lipinski definition) is 5. The van der Waals surface area contributed by atoms with Gasteiger partial charge < -0.3 is 14.8 Å². The fraction of sp³-hybridized carbons (Fsp3) is 0.500. The molecule has 1 rings (SSSR count). The van der Waals surface area contributed by atoms with Gasteiger partial charge in [0.05, 0.1) is 0 Å². The number of carbonyl (C=O) groups is 2. The average molecular weight is 318 g/mol. The number of furan rings is 1. The highest BCUT2D eigenvalue weighted by molar-refractivity contribution is 7.89. The lowest BCUT2D eigenvalue weighted by atomic mass is 10.1. The zero-order valence-corrected chi connectivity index (χ0v) is 13.2. The van der Waals surface area contributed by atoms with E-state index in [0.29, 0.717) is 0 Å². The fourth-order valence-corrected chi connectivity index (χ4v) is 2.48. The number of carboxylic acid groups (broad SMARTS) is 1. The minimum absolute atomic E-state index is 0.0574. The van der Waals surface area contributed by atoms with Crippen molar-refractivity contribution >= 4 is 21.9 Å². The average Bonchev–Trinajstić information content (AvgIpc) is 2.71. The van der Waals surface area contributed by atoms with E-state index in [2.05, 4.69) is 5.32 Å². The lowest BCUT2D eigenvalue weighted by Crippen LogP contribution is -2.49. The van der Waals surface area contributed by atoms with Gasteiger partial charge in [-0.05, 0) is 20.8 Å². The molecule has 0 atom stereocenters. The van der Waals surface area contributed by atoms with E-state index in [0.717, 1.165) is 10.4 Å². The summed E-state index contributed by atoms with van der Waals surface area (Å²) in [7, 11) is -1.02. The molecule has 0 saturated heterocycles. The van der Waals surface area contributed by atoms with Gasteiger partial charge in [0.25, 0.3) is 5.91 Å². The van der Waals surface area contributed by atoms with Crippen LogP contribution >= 0.6 is 0 Å². The number of sulfonamides is 1. The molecule has 0 aromatic carbocycles. The molecular weight excluding hydrogens is 300 g/mol. The van der Waals surface area contributed by atoms with Crippen LogP contribution in [0.1, 0.15) is 30.2 Å². The predicted molar refractivity (Wildman–Crippen MR) is 73.5 cm³/mol. The standard InChI is InChI=1S/C12H18N2O6S/c1-7-9(21(18,19)14(4)5)6-8(20-7)10(15)13-12(2,3)11(16)17/h6H,1-5H3,(H,13,15)(H,16,17). The highest BCUT2D eigenvalue weighted by Crippen LogP contribution is 2.22. The Bertz CT molecular complexity index is 672. The van der Waals surface area contributed by atoms with E-state index in [-0.39, 0.29) is 16.4 Å². The number of nitrogens with one attached hydrogen (secondary N) is 1. The van der Waals surface area contributed by atoms with Crippen LogP contribution in [-0.2, 0) is 14.8 Å². The molecule has 0 unspecified atom stereocenters. The van der Waals surface area contributed by atoms with E-state index < -0.39 is 27.4 Å². The summed E-state index contributed by atoms with van der Waals surface area (Å²) in [5.41, 5.74) is -1.50. The van der Waals surface area contributed by atoms with Gasteiger partial charge in [-0.3, -0.25) is 4.79 Å². The SMILES string of the molecule is Cc1oc(C(=O)NC(C)(C)C(=O)O)cc1S(=O)(=O)N(C)C. The molecular formula is C12H18N2O6S. The number of amides is 1. The lowest BCUT2D eigenvalue weighted by molar-refractivity contribution is -0.143. The third-order valence-electron chi connectivity index (χ3n) is 2.82. The summed E-state index contributed by atoms with van der Waals surface area (Å²) in [6.07, 6.45) is 0. The van der Waals surface area contributed by atoms with E-state index in [9.17, 15) is 18.0 Å². The summed E-state index contributed by atoms with van der Waals surface area (Å²) in [6.45, 7) is 4.02. The summed E-state index contributed by atoms with van der Waals surface area (Å²) in [5, 5.41) is 11.2. The first-order valence-electron chi connectivity index (χ1n) is 5.98. The molecule has 1 amide bonds. The molecule has 0 aliphatic heterocycles. The zero-order valence-electron chi connectivity index (χ0n) is 12.4. The third-order valence-corrected chi connectivity index (χ3v) is 4.74. The van der Waals surface area contributed by atoms with E-state index in [1.165, 1.54) is 34.9 Å². The van der Waals surface area contributed by atoms with Crippen molar-refractivity contribution in [3.8, 4) is 0 Å². The van der Waals surface area contributed by atoms with Crippen molar-refractivity contribution in [2.75, 3.05) is 14.1 Å². The van der Waals surface area contributed by atoms with Gasteiger partial charge in [-0.25, -0.2) is 17.5 Å².